The zero-order valence-corrected chi connectivity index (χ0v) is 28.7. The fourth-order valence-corrected chi connectivity index (χ4v) is 7.35. The van der Waals surface area contributed by atoms with Crippen molar-refractivity contribution in [3.05, 3.63) is 114 Å². The van der Waals surface area contributed by atoms with E-state index in [0.717, 1.165) is 29.3 Å². The standard InChI is InChI=1S/C39H42F3N5O5/c40-30-11-12-33(41)32(17-30)35-24-44(18-26-7-3-1-4-8-26)37(43-35)36(28-13-15-51-16-14-28)47(38(49)45-21-31(48)22-45)20-29-19-46(23-34(29)42)39(50)52-25-27-9-5-2-6-10-27/h1-12,17,24,28-29,31,34,36,48H,13-16,18-23,25H2/t29-,34-,36+/m0/s1. The Morgan fingerprint density at radius 1 is 0.923 bits per heavy atom. The van der Waals surface area contributed by atoms with E-state index in [1.807, 2.05) is 65.2 Å². The van der Waals surface area contributed by atoms with E-state index in [0.29, 0.717) is 38.4 Å². The van der Waals surface area contributed by atoms with Crippen LogP contribution >= 0.6 is 0 Å². The van der Waals surface area contributed by atoms with E-state index in [9.17, 15) is 19.1 Å². The van der Waals surface area contributed by atoms with Crippen molar-refractivity contribution in [1.29, 1.82) is 0 Å². The van der Waals surface area contributed by atoms with Gasteiger partial charge in [-0.25, -0.2) is 27.7 Å². The number of alkyl halides is 1. The quantitative estimate of drug-likeness (QED) is 0.215. The van der Waals surface area contributed by atoms with E-state index in [1.165, 1.54) is 9.80 Å². The van der Waals surface area contributed by atoms with Crippen molar-refractivity contribution in [2.75, 3.05) is 45.9 Å². The van der Waals surface area contributed by atoms with Gasteiger partial charge in [-0.15, -0.1) is 0 Å². The molecule has 0 bridgehead atoms. The van der Waals surface area contributed by atoms with Crippen molar-refractivity contribution in [2.45, 2.75) is 44.3 Å². The van der Waals surface area contributed by atoms with Gasteiger partial charge in [-0.3, -0.25) is 0 Å². The molecule has 7 rings (SSSR count). The van der Waals surface area contributed by atoms with Gasteiger partial charge in [-0.05, 0) is 48.1 Å². The molecule has 52 heavy (non-hydrogen) atoms. The lowest BCUT2D eigenvalue weighted by atomic mass is 9.89. The summed E-state index contributed by atoms with van der Waals surface area (Å²) in [6, 6.07) is 20.9. The third-order valence-corrected chi connectivity index (χ3v) is 10.2. The van der Waals surface area contributed by atoms with Crippen LogP contribution in [0.2, 0.25) is 0 Å². The zero-order chi connectivity index (χ0) is 36.2. The molecule has 3 amide bonds. The van der Waals surface area contributed by atoms with E-state index in [-0.39, 0.29) is 56.5 Å². The van der Waals surface area contributed by atoms with Gasteiger partial charge >= 0.3 is 12.1 Å². The number of benzene rings is 3. The lowest BCUT2D eigenvalue weighted by Gasteiger charge is -2.45. The summed E-state index contributed by atoms with van der Waals surface area (Å²) < 4.78 is 58.7. The predicted octanol–water partition coefficient (Wildman–Crippen LogP) is 6.05. The fraction of sp³-hybridized carbons (Fsp3) is 0.410. The monoisotopic (exact) mass is 717 g/mol. The first-order chi connectivity index (χ1) is 25.2. The first-order valence-corrected chi connectivity index (χ1v) is 17.7. The van der Waals surface area contributed by atoms with Crippen molar-refractivity contribution in [2.24, 2.45) is 11.8 Å². The van der Waals surface area contributed by atoms with Crippen molar-refractivity contribution >= 4 is 12.1 Å². The molecule has 0 unspecified atom stereocenters. The van der Waals surface area contributed by atoms with E-state index in [1.54, 1.807) is 11.1 Å². The molecule has 4 aromatic rings. The van der Waals surface area contributed by atoms with Crippen LogP contribution in [0.1, 0.15) is 35.8 Å². The number of aromatic nitrogens is 2. The highest BCUT2D eigenvalue weighted by molar-refractivity contribution is 5.76. The number of amides is 3. The van der Waals surface area contributed by atoms with Gasteiger partial charge in [0.1, 0.15) is 30.2 Å². The lowest BCUT2D eigenvalue weighted by molar-refractivity contribution is -0.00951. The summed E-state index contributed by atoms with van der Waals surface area (Å²) in [5.41, 5.74) is 1.90. The molecule has 274 valence electrons. The summed E-state index contributed by atoms with van der Waals surface area (Å²) in [4.78, 5) is 37.0. The van der Waals surface area contributed by atoms with E-state index < -0.39 is 48.0 Å². The highest BCUT2D eigenvalue weighted by Crippen LogP contribution is 2.39. The highest BCUT2D eigenvalue weighted by atomic mass is 19.1. The first kappa shape index (κ1) is 35.5. The van der Waals surface area contributed by atoms with Crippen LogP contribution in [0.25, 0.3) is 11.3 Å². The molecule has 3 aliphatic heterocycles. The second kappa shape index (κ2) is 15.8. The Labute approximate surface area is 300 Å². The number of β-amino-alcohol motifs (C(OH)–C–C–N with tert-alkyl or cyclic N) is 1. The number of carbonyl (C=O) groups is 2. The summed E-state index contributed by atoms with van der Waals surface area (Å²) >= 11 is 0. The number of carbonyl (C=O) groups excluding carboxylic acids is 2. The molecule has 3 atom stereocenters. The molecule has 0 saturated carbocycles. The van der Waals surface area contributed by atoms with E-state index >= 15 is 8.78 Å². The molecule has 4 heterocycles. The van der Waals surface area contributed by atoms with Gasteiger partial charge in [0, 0.05) is 50.5 Å². The minimum Gasteiger partial charge on any atom is -0.445 e. The number of aliphatic hydroxyl groups excluding tert-OH is 1. The number of hydrogen-bond donors (Lipinski definition) is 1. The average molecular weight is 718 g/mol. The Balaban J connectivity index is 1.25. The summed E-state index contributed by atoms with van der Waals surface area (Å²) in [5, 5.41) is 10.2. The minimum absolute atomic E-state index is 0.0215. The zero-order valence-electron chi connectivity index (χ0n) is 28.7. The number of urea groups is 1. The molecule has 3 fully saturated rings. The van der Waals surface area contributed by atoms with Crippen LogP contribution < -0.4 is 0 Å². The molecule has 13 heteroatoms. The van der Waals surface area contributed by atoms with Gasteiger partial charge in [0.05, 0.1) is 37.5 Å². The fourth-order valence-electron chi connectivity index (χ4n) is 7.35. The number of halogens is 3. The maximum Gasteiger partial charge on any atom is 0.410 e. The van der Waals surface area contributed by atoms with E-state index in [2.05, 4.69) is 0 Å². The molecular formula is C39H42F3N5O5. The number of ether oxygens (including phenoxy) is 2. The van der Waals surface area contributed by atoms with Gasteiger partial charge in [0.25, 0.3) is 0 Å². The summed E-state index contributed by atoms with van der Waals surface area (Å²) in [7, 11) is 0. The third-order valence-electron chi connectivity index (χ3n) is 10.2. The Kier molecular flexibility index (Phi) is 10.8. The van der Waals surface area contributed by atoms with Crippen LogP contribution in [0.3, 0.4) is 0 Å². The van der Waals surface area contributed by atoms with Gasteiger partial charge < -0.3 is 33.8 Å². The molecule has 3 aliphatic rings. The minimum atomic E-state index is -1.45. The maximum atomic E-state index is 16.0. The molecule has 0 aliphatic carbocycles. The normalized spacial score (nSPS) is 20.1. The Hall–Kier alpha value is -4.88. The molecule has 1 N–H and O–H groups in total. The van der Waals surface area contributed by atoms with Crippen LogP contribution in [0.4, 0.5) is 22.8 Å². The Morgan fingerprint density at radius 3 is 2.31 bits per heavy atom. The van der Waals surface area contributed by atoms with Gasteiger partial charge in [-0.2, -0.15) is 0 Å². The topological polar surface area (TPSA) is 100 Å². The van der Waals surface area contributed by atoms with Gasteiger partial charge in [0.2, 0.25) is 0 Å². The van der Waals surface area contributed by atoms with Crippen molar-refractivity contribution in [3.8, 4) is 11.3 Å². The number of aliphatic hydroxyl groups is 1. The molecule has 0 radical (unpaired) electrons. The number of nitrogens with zero attached hydrogens (tertiary/aromatic N) is 5. The van der Waals surface area contributed by atoms with Crippen LogP contribution in [-0.2, 0) is 22.6 Å². The number of hydrogen-bond acceptors (Lipinski definition) is 6. The first-order valence-electron chi connectivity index (χ1n) is 17.7. The van der Waals surface area contributed by atoms with Crippen LogP contribution in [0, 0.1) is 23.5 Å². The van der Waals surface area contributed by atoms with Crippen molar-refractivity contribution in [3.63, 3.8) is 0 Å². The van der Waals surface area contributed by atoms with Gasteiger partial charge in [-0.1, -0.05) is 60.7 Å². The van der Waals surface area contributed by atoms with Crippen molar-refractivity contribution in [1.82, 2.24) is 24.3 Å². The van der Waals surface area contributed by atoms with Crippen molar-refractivity contribution < 1.29 is 37.3 Å². The highest BCUT2D eigenvalue weighted by Gasteiger charge is 2.45. The predicted molar refractivity (Wildman–Crippen MR) is 186 cm³/mol. The second-order valence-electron chi connectivity index (χ2n) is 13.8. The maximum absolute atomic E-state index is 16.0. The molecule has 3 saturated heterocycles. The van der Waals surface area contributed by atoms with Crippen LogP contribution in [0.15, 0.2) is 85.1 Å². The Morgan fingerprint density at radius 2 is 1.62 bits per heavy atom. The summed E-state index contributed by atoms with van der Waals surface area (Å²) in [6.45, 7) is 1.27. The SMILES string of the molecule is O=C(OCc1ccccc1)N1C[C@@H](CN(C(=O)N2CC(O)C2)[C@@H](c2nc(-c3cc(F)ccc3F)cn2Cc2ccccc2)C2CCOCC2)[C@@H](F)C1. The largest absolute Gasteiger partial charge is 0.445 e. The smallest absolute Gasteiger partial charge is 0.410 e. The molecule has 0 spiro atoms. The second-order valence-corrected chi connectivity index (χ2v) is 13.8. The number of likely N-dealkylation sites (tertiary alicyclic amines) is 2. The van der Waals surface area contributed by atoms with Crippen LogP contribution in [0.5, 0.6) is 0 Å². The number of rotatable bonds is 10. The van der Waals surface area contributed by atoms with E-state index in [4.69, 9.17) is 14.5 Å². The van der Waals surface area contributed by atoms with Gasteiger partial charge in [0.15, 0.2) is 0 Å². The summed E-state index contributed by atoms with van der Waals surface area (Å²) in [5.74, 6) is -1.76. The molecule has 3 aromatic carbocycles. The summed E-state index contributed by atoms with van der Waals surface area (Å²) in [6.07, 6.45) is 0.0453. The molecular weight excluding hydrogens is 675 g/mol. The molecule has 1 aromatic heterocycles. The number of imidazole rings is 1. The third kappa shape index (κ3) is 7.95. The van der Waals surface area contributed by atoms with Crippen LogP contribution in [-0.4, -0.2) is 99.7 Å². The Bertz CT molecular complexity index is 1830. The average Bonchev–Trinajstić information content (AvgIpc) is 3.73. The lowest BCUT2D eigenvalue weighted by Crippen LogP contribution is -2.59. The molecule has 10 nitrogen and oxygen atoms in total.